The molecule has 0 unspecified atom stereocenters. The van der Waals surface area contributed by atoms with Crippen LogP contribution in [0.15, 0.2) is 0 Å². The van der Waals surface area contributed by atoms with E-state index in [0.717, 1.165) is 12.8 Å². The van der Waals surface area contributed by atoms with Crippen LogP contribution in [0.4, 0.5) is 0 Å². The van der Waals surface area contributed by atoms with Crippen LogP contribution in [0.25, 0.3) is 0 Å². The topological polar surface area (TPSA) is 136 Å². The first-order valence-electron chi connectivity index (χ1n) is 9.34. The number of primary amides is 1. The first-order valence-corrected chi connectivity index (χ1v) is 10.9. The SMILES string of the molecule is NC(=O)c1nn(CCCO)c2c1CCN(CC1(S(=O)(=O)C3CC3)CC1)C2=O. The molecule has 2 amide bonds. The summed E-state index contributed by atoms with van der Waals surface area (Å²) in [7, 11) is -3.21. The van der Waals surface area contributed by atoms with Gasteiger partial charge in [-0.3, -0.25) is 14.3 Å². The fourth-order valence-electron chi connectivity index (χ4n) is 3.96. The van der Waals surface area contributed by atoms with Gasteiger partial charge in [0.1, 0.15) is 5.69 Å². The lowest BCUT2D eigenvalue weighted by molar-refractivity contribution is 0.0721. The van der Waals surface area contributed by atoms with Crippen molar-refractivity contribution in [2.24, 2.45) is 5.73 Å². The Hall–Kier alpha value is -1.94. The van der Waals surface area contributed by atoms with E-state index < -0.39 is 20.5 Å². The molecule has 2 saturated carbocycles. The average Bonchev–Trinajstić information content (AvgIpc) is 3.52. The Kier molecular flexibility index (Phi) is 4.30. The van der Waals surface area contributed by atoms with Gasteiger partial charge in [0.25, 0.3) is 11.8 Å². The number of hydrogen-bond acceptors (Lipinski definition) is 6. The van der Waals surface area contributed by atoms with Crippen LogP contribution in [0.5, 0.6) is 0 Å². The second kappa shape index (κ2) is 6.30. The summed E-state index contributed by atoms with van der Waals surface area (Å²) < 4.78 is 26.1. The molecule has 0 saturated heterocycles. The zero-order chi connectivity index (χ0) is 19.4. The van der Waals surface area contributed by atoms with Gasteiger partial charge in [0.05, 0.1) is 10.00 Å². The van der Waals surface area contributed by atoms with Crippen LogP contribution >= 0.6 is 0 Å². The Morgan fingerprint density at radius 2 is 2.04 bits per heavy atom. The van der Waals surface area contributed by atoms with Crippen molar-refractivity contribution in [1.29, 1.82) is 0 Å². The number of sulfone groups is 1. The van der Waals surface area contributed by atoms with Gasteiger partial charge in [0.2, 0.25) is 0 Å². The number of aryl methyl sites for hydroxylation is 1. The summed E-state index contributed by atoms with van der Waals surface area (Å²) >= 11 is 0. The van der Waals surface area contributed by atoms with E-state index in [2.05, 4.69) is 5.10 Å². The maximum Gasteiger partial charge on any atom is 0.272 e. The van der Waals surface area contributed by atoms with Crippen LogP contribution in [0.3, 0.4) is 0 Å². The maximum absolute atomic E-state index is 13.1. The van der Waals surface area contributed by atoms with Gasteiger partial charge in [-0.05, 0) is 38.5 Å². The number of hydrogen-bond donors (Lipinski definition) is 2. The highest BCUT2D eigenvalue weighted by Gasteiger charge is 2.60. The van der Waals surface area contributed by atoms with Crippen molar-refractivity contribution in [3.63, 3.8) is 0 Å². The largest absolute Gasteiger partial charge is 0.396 e. The molecule has 2 heterocycles. The summed E-state index contributed by atoms with van der Waals surface area (Å²) in [6, 6.07) is 0. The van der Waals surface area contributed by atoms with E-state index in [0.29, 0.717) is 43.5 Å². The minimum absolute atomic E-state index is 0.0683. The molecule has 27 heavy (non-hydrogen) atoms. The molecule has 1 aromatic rings. The van der Waals surface area contributed by atoms with Crippen molar-refractivity contribution in [2.45, 2.75) is 55.1 Å². The van der Waals surface area contributed by atoms with Gasteiger partial charge in [0, 0.05) is 31.8 Å². The average molecular weight is 396 g/mol. The molecule has 0 atom stereocenters. The number of aliphatic hydroxyl groups excluding tert-OH is 1. The molecule has 3 N–H and O–H groups in total. The number of aromatic nitrogens is 2. The normalized spacial score (nSPS) is 21.2. The van der Waals surface area contributed by atoms with Crippen molar-refractivity contribution in [2.75, 3.05) is 19.7 Å². The van der Waals surface area contributed by atoms with E-state index in [1.54, 1.807) is 4.90 Å². The quantitative estimate of drug-likeness (QED) is 0.606. The van der Waals surface area contributed by atoms with Gasteiger partial charge in [-0.15, -0.1) is 0 Å². The maximum atomic E-state index is 13.1. The van der Waals surface area contributed by atoms with Crippen molar-refractivity contribution >= 4 is 21.7 Å². The van der Waals surface area contributed by atoms with E-state index in [9.17, 15) is 18.0 Å². The predicted molar refractivity (Wildman–Crippen MR) is 96.0 cm³/mol. The Balaban J connectivity index is 1.62. The minimum atomic E-state index is -3.21. The first kappa shape index (κ1) is 18.4. The summed E-state index contributed by atoms with van der Waals surface area (Å²) in [5, 5.41) is 13.0. The molecule has 4 rings (SSSR count). The number of carbonyl (C=O) groups is 2. The van der Waals surface area contributed by atoms with E-state index >= 15 is 0 Å². The minimum Gasteiger partial charge on any atom is -0.396 e. The molecule has 0 aromatic carbocycles. The van der Waals surface area contributed by atoms with Crippen LogP contribution in [0.1, 0.15) is 58.6 Å². The molecule has 1 aliphatic heterocycles. The van der Waals surface area contributed by atoms with E-state index in [4.69, 9.17) is 10.8 Å². The van der Waals surface area contributed by atoms with Crippen molar-refractivity contribution in [1.82, 2.24) is 14.7 Å². The summed E-state index contributed by atoms with van der Waals surface area (Å²) in [4.78, 5) is 26.4. The Morgan fingerprint density at radius 1 is 1.33 bits per heavy atom. The van der Waals surface area contributed by atoms with Crippen LogP contribution in [-0.2, 0) is 22.8 Å². The lowest BCUT2D eigenvalue weighted by Crippen LogP contribution is -2.47. The number of amides is 2. The smallest absolute Gasteiger partial charge is 0.272 e. The van der Waals surface area contributed by atoms with E-state index in [1.807, 2.05) is 0 Å². The summed E-state index contributed by atoms with van der Waals surface area (Å²) in [6.07, 6.45) is 3.44. The number of nitrogens with two attached hydrogens (primary N) is 1. The van der Waals surface area contributed by atoms with Crippen LogP contribution in [0.2, 0.25) is 0 Å². The van der Waals surface area contributed by atoms with Gasteiger partial charge in [-0.25, -0.2) is 8.42 Å². The molecule has 0 bridgehead atoms. The molecular formula is C17H24N4O5S. The number of nitrogens with zero attached hydrogens (tertiary/aromatic N) is 3. The number of rotatable bonds is 8. The highest BCUT2D eigenvalue weighted by molar-refractivity contribution is 7.94. The molecule has 2 fully saturated rings. The molecule has 148 valence electrons. The van der Waals surface area contributed by atoms with Gasteiger partial charge in [-0.1, -0.05) is 0 Å². The number of carbonyl (C=O) groups excluding carboxylic acids is 2. The third-order valence-electron chi connectivity index (χ3n) is 5.79. The standard InChI is InChI=1S/C17H24N4O5S/c18-15(23)13-12-4-8-20(16(24)14(12)21(19-13)7-1-9-22)10-17(5-6-17)27(25,26)11-2-3-11/h11,22H,1-10H2,(H2,18,23). The Morgan fingerprint density at radius 3 is 2.59 bits per heavy atom. The highest BCUT2D eigenvalue weighted by Crippen LogP contribution is 2.50. The third-order valence-corrected chi connectivity index (χ3v) is 8.88. The Bertz CT molecular complexity index is 899. The van der Waals surface area contributed by atoms with Crippen LogP contribution in [-0.4, -0.2) is 69.7 Å². The lowest BCUT2D eigenvalue weighted by Gasteiger charge is -2.31. The zero-order valence-electron chi connectivity index (χ0n) is 15.1. The van der Waals surface area contributed by atoms with Gasteiger partial charge in [0.15, 0.2) is 15.5 Å². The summed E-state index contributed by atoms with van der Waals surface area (Å²) in [6.45, 7) is 0.763. The predicted octanol–water partition coefficient (Wildman–Crippen LogP) is -0.527. The van der Waals surface area contributed by atoms with Crippen molar-refractivity contribution in [3.8, 4) is 0 Å². The van der Waals surface area contributed by atoms with Gasteiger partial charge < -0.3 is 15.7 Å². The second-order valence-electron chi connectivity index (χ2n) is 7.74. The molecule has 0 radical (unpaired) electrons. The first-order chi connectivity index (χ1) is 12.8. The molecule has 0 spiro atoms. The summed E-state index contributed by atoms with van der Waals surface area (Å²) in [5.74, 6) is -1.00. The highest BCUT2D eigenvalue weighted by atomic mass is 32.2. The lowest BCUT2D eigenvalue weighted by atomic mass is 10.0. The second-order valence-corrected chi connectivity index (χ2v) is 10.4. The number of fused-ring (bicyclic) bond motifs is 1. The van der Waals surface area contributed by atoms with E-state index in [1.165, 1.54) is 4.68 Å². The van der Waals surface area contributed by atoms with Crippen LogP contribution in [0, 0.1) is 0 Å². The summed E-state index contributed by atoms with van der Waals surface area (Å²) in [5.41, 5.74) is 6.31. The fourth-order valence-corrected chi connectivity index (χ4v) is 6.43. The van der Waals surface area contributed by atoms with Crippen molar-refractivity contribution in [3.05, 3.63) is 17.0 Å². The Labute approximate surface area is 157 Å². The third kappa shape index (κ3) is 2.94. The fraction of sp³-hybridized carbons (Fsp3) is 0.706. The van der Waals surface area contributed by atoms with Gasteiger partial charge >= 0.3 is 0 Å². The molecule has 1 aromatic heterocycles. The number of aliphatic hydroxyl groups is 1. The van der Waals surface area contributed by atoms with E-state index in [-0.39, 0.29) is 36.5 Å². The van der Waals surface area contributed by atoms with Crippen molar-refractivity contribution < 1.29 is 23.1 Å². The molecule has 2 aliphatic carbocycles. The molecule has 9 nitrogen and oxygen atoms in total. The zero-order valence-corrected chi connectivity index (χ0v) is 15.9. The van der Waals surface area contributed by atoms with Gasteiger partial charge in [-0.2, -0.15) is 5.10 Å². The monoisotopic (exact) mass is 396 g/mol. The van der Waals surface area contributed by atoms with Crippen LogP contribution < -0.4 is 5.73 Å². The molecular weight excluding hydrogens is 372 g/mol. The molecule has 3 aliphatic rings. The molecule has 10 heteroatoms.